The van der Waals surface area contributed by atoms with Gasteiger partial charge in [0.05, 0.1) is 0 Å². The van der Waals surface area contributed by atoms with Crippen molar-refractivity contribution < 1.29 is 1.43 Å². The van der Waals surface area contributed by atoms with E-state index in [2.05, 4.69) is 60.8 Å². The highest BCUT2D eigenvalue weighted by molar-refractivity contribution is 5.62. The Hall–Kier alpha value is -1.76. The first-order chi connectivity index (χ1) is 9.84. The Balaban J connectivity index is 0.000000741. The van der Waals surface area contributed by atoms with Crippen molar-refractivity contribution >= 4 is 5.69 Å². The topological polar surface area (TPSA) is 12.0 Å². The van der Waals surface area contributed by atoms with Crippen molar-refractivity contribution in [2.24, 2.45) is 5.92 Å². The van der Waals surface area contributed by atoms with Crippen molar-refractivity contribution in [1.82, 2.24) is 0 Å². The maximum Gasteiger partial charge on any atom is 0.0418 e. The van der Waals surface area contributed by atoms with Crippen LogP contribution in [-0.4, -0.2) is 0 Å². The fourth-order valence-corrected chi connectivity index (χ4v) is 2.38. The zero-order valence-corrected chi connectivity index (χ0v) is 13.4. The Morgan fingerprint density at radius 2 is 1.75 bits per heavy atom. The second-order valence-electron chi connectivity index (χ2n) is 4.43. The van der Waals surface area contributed by atoms with Crippen LogP contribution < -0.4 is 5.32 Å². The highest BCUT2D eigenvalue weighted by Crippen LogP contribution is 2.32. The Bertz CT molecular complexity index is 512. The lowest BCUT2D eigenvalue weighted by Gasteiger charge is -2.25. The van der Waals surface area contributed by atoms with Gasteiger partial charge in [0, 0.05) is 25.1 Å². The van der Waals surface area contributed by atoms with Crippen LogP contribution in [0, 0.1) is 5.92 Å². The summed E-state index contributed by atoms with van der Waals surface area (Å²) in [5, 5.41) is 3.57. The van der Waals surface area contributed by atoms with Gasteiger partial charge in [-0.25, -0.2) is 0 Å². The molecule has 20 heavy (non-hydrogen) atoms. The predicted octanol–water partition coefficient (Wildman–Crippen LogP) is 5.97. The first-order valence-corrected chi connectivity index (χ1v) is 7.77. The smallest absolute Gasteiger partial charge is 0.0418 e. The highest BCUT2D eigenvalue weighted by atomic mass is 14.9. The fraction of sp³-hybridized carbons (Fsp3) is 0.368. The molecular weight excluding hydrogens is 242 g/mol. The van der Waals surface area contributed by atoms with Crippen LogP contribution in [0.3, 0.4) is 0 Å². The van der Waals surface area contributed by atoms with Gasteiger partial charge in [-0.1, -0.05) is 77.1 Å². The van der Waals surface area contributed by atoms with Crippen LogP contribution in [0.5, 0.6) is 0 Å². The number of anilines is 1. The summed E-state index contributed by atoms with van der Waals surface area (Å²) >= 11 is 0. The van der Waals surface area contributed by atoms with Crippen molar-refractivity contribution in [3.05, 3.63) is 65.4 Å². The third-order valence-corrected chi connectivity index (χ3v) is 3.28. The highest BCUT2D eigenvalue weighted by Gasteiger charge is 2.19. The van der Waals surface area contributed by atoms with Gasteiger partial charge in [0.2, 0.25) is 0 Å². The molecule has 0 fully saturated rings. The number of benzene rings is 1. The van der Waals surface area contributed by atoms with Gasteiger partial charge >= 0.3 is 0 Å². The van der Waals surface area contributed by atoms with E-state index in [9.17, 15) is 0 Å². The van der Waals surface area contributed by atoms with E-state index in [0.717, 1.165) is 6.42 Å². The summed E-state index contributed by atoms with van der Waals surface area (Å²) < 4.78 is 0. The van der Waals surface area contributed by atoms with Gasteiger partial charge in [0.1, 0.15) is 0 Å². The van der Waals surface area contributed by atoms with Crippen molar-refractivity contribution in [2.45, 2.75) is 41.0 Å². The molecule has 1 unspecified atom stereocenters. The number of para-hydroxylation sites is 1. The quantitative estimate of drug-likeness (QED) is 0.613. The van der Waals surface area contributed by atoms with Crippen LogP contribution >= 0.6 is 0 Å². The monoisotopic (exact) mass is 271 g/mol. The third-order valence-electron chi connectivity index (χ3n) is 3.28. The summed E-state index contributed by atoms with van der Waals surface area (Å²) in [4.78, 5) is 0. The van der Waals surface area contributed by atoms with E-state index in [0.29, 0.717) is 5.92 Å². The second kappa shape index (κ2) is 8.42. The minimum Gasteiger partial charge on any atom is -0.358 e. The van der Waals surface area contributed by atoms with Gasteiger partial charge in [0.15, 0.2) is 0 Å². The average Bonchev–Trinajstić information content (AvgIpc) is 2.71. The number of allylic oxidation sites excluding steroid dienone is 5. The maximum atomic E-state index is 3.57. The van der Waals surface area contributed by atoms with Crippen molar-refractivity contribution in [3.8, 4) is 0 Å². The second-order valence-corrected chi connectivity index (χ2v) is 4.43. The first kappa shape index (κ1) is 16.3. The molecule has 110 valence electrons. The number of hydrogen-bond acceptors (Lipinski definition) is 1. The van der Waals surface area contributed by atoms with Crippen LogP contribution in [0.1, 0.15) is 41.6 Å². The molecule has 1 aromatic carbocycles. The van der Waals surface area contributed by atoms with Crippen molar-refractivity contribution in [2.75, 3.05) is 5.32 Å². The normalized spacial score (nSPS) is 18.4. The molecule has 0 spiro atoms. The van der Waals surface area contributed by atoms with Crippen molar-refractivity contribution in [3.63, 3.8) is 0 Å². The van der Waals surface area contributed by atoms with Crippen LogP contribution in [-0.2, 0) is 6.42 Å². The Kier molecular flexibility index (Phi) is 6.86. The van der Waals surface area contributed by atoms with E-state index < -0.39 is 0 Å². The van der Waals surface area contributed by atoms with E-state index in [1.54, 1.807) is 0 Å². The summed E-state index contributed by atoms with van der Waals surface area (Å²) in [7, 11) is 0. The lowest BCUT2D eigenvalue weighted by Crippen LogP contribution is -2.16. The van der Waals surface area contributed by atoms with Crippen LogP contribution in [0.25, 0.3) is 0 Å². The van der Waals surface area contributed by atoms with E-state index in [-0.39, 0.29) is 1.43 Å². The first-order valence-electron chi connectivity index (χ1n) is 7.77. The SMILES string of the molecule is CC.CC.CC1C=CC=CC2=C1Nc1ccccc1C2.[HH]. The Labute approximate surface area is 125 Å². The summed E-state index contributed by atoms with van der Waals surface area (Å²) in [6.07, 6.45) is 9.77. The Morgan fingerprint density at radius 1 is 1.05 bits per heavy atom. The molecule has 0 bridgehead atoms. The number of nitrogens with one attached hydrogen (secondary N) is 1. The predicted molar refractivity (Wildman–Crippen MR) is 93.0 cm³/mol. The zero-order chi connectivity index (χ0) is 15.0. The largest absolute Gasteiger partial charge is 0.358 e. The van der Waals surface area contributed by atoms with Crippen LogP contribution in [0.2, 0.25) is 0 Å². The molecular formula is C19H29N. The lowest BCUT2D eigenvalue weighted by atomic mass is 9.93. The van der Waals surface area contributed by atoms with Crippen molar-refractivity contribution in [1.29, 1.82) is 0 Å². The molecule has 0 saturated heterocycles. The van der Waals surface area contributed by atoms with Gasteiger partial charge in [-0.3, -0.25) is 0 Å². The van der Waals surface area contributed by atoms with E-state index in [1.807, 2.05) is 27.7 Å². The average molecular weight is 271 g/mol. The standard InChI is InChI=1S/C15H15N.2C2H6.H2/c1-11-6-2-3-8-13-10-12-7-4-5-9-14(12)16-15(11)13;2*1-2;/h2-9,11,16H,10H2,1H3;2*1-2H3;1H. The van der Waals surface area contributed by atoms with Gasteiger partial charge in [-0.15, -0.1) is 0 Å². The number of fused-ring (bicyclic) bond motifs is 1. The molecule has 0 aromatic heterocycles. The molecule has 1 heterocycles. The molecule has 1 N–H and O–H groups in total. The molecule has 0 radical (unpaired) electrons. The zero-order valence-electron chi connectivity index (χ0n) is 13.4. The van der Waals surface area contributed by atoms with Gasteiger partial charge in [0.25, 0.3) is 0 Å². The van der Waals surface area contributed by atoms with E-state index >= 15 is 0 Å². The fourth-order valence-electron chi connectivity index (χ4n) is 2.38. The summed E-state index contributed by atoms with van der Waals surface area (Å²) in [6.45, 7) is 10.2. The molecule has 1 aliphatic carbocycles. The molecule has 3 rings (SSSR count). The number of rotatable bonds is 0. The van der Waals surface area contributed by atoms with E-state index in [4.69, 9.17) is 0 Å². The molecule has 1 heteroatoms. The number of hydrogen-bond donors (Lipinski definition) is 1. The molecule has 0 amide bonds. The lowest BCUT2D eigenvalue weighted by molar-refractivity contribution is 0.841. The summed E-state index contributed by atoms with van der Waals surface area (Å²) in [5.74, 6) is 0.471. The minimum atomic E-state index is 0. The molecule has 0 saturated carbocycles. The molecule has 1 aliphatic heterocycles. The molecule has 1 aromatic rings. The molecule has 1 nitrogen and oxygen atoms in total. The van der Waals surface area contributed by atoms with Gasteiger partial charge < -0.3 is 5.32 Å². The van der Waals surface area contributed by atoms with Gasteiger partial charge in [-0.2, -0.15) is 0 Å². The van der Waals surface area contributed by atoms with Gasteiger partial charge in [-0.05, 0) is 17.2 Å². The Morgan fingerprint density at radius 3 is 2.50 bits per heavy atom. The van der Waals surface area contributed by atoms with Crippen LogP contribution in [0.4, 0.5) is 5.69 Å². The minimum absolute atomic E-state index is 0. The van der Waals surface area contributed by atoms with E-state index in [1.165, 1.54) is 22.5 Å². The molecule has 2 aliphatic rings. The summed E-state index contributed by atoms with van der Waals surface area (Å²) in [6, 6.07) is 8.55. The maximum absolute atomic E-state index is 3.57. The summed E-state index contributed by atoms with van der Waals surface area (Å²) in [5.41, 5.74) is 5.41. The third kappa shape index (κ3) is 3.63. The molecule has 1 atom stereocenters. The van der Waals surface area contributed by atoms with Crippen LogP contribution in [0.15, 0.2) is 59.8 Å².